The van der Waals surface area contributed by atoms with Gasteiger partial charge < -0.3 is 31.3 Å². The van der Waals surface area contributed by atoms with Gasteiger partial charge in [0.05, 0.1) is 11.3 Å². The van der Waals surface area contributed by atoms with E-state index in [0.717, 1.165) is 12.1 Å². The van der Waals surface area contributed by atoms with Gasteiger partial charge in [0.2, 0.25) is 0 Å². The van der Waals surface area contributed by atoms with Crippen molar-refractivity contribution in [3.63, 3.8) is 0 Å². The number of hydrogen-bond acceptors (Lipinski definition) is 6. The maximum atomic E-state index is 10.3. The van der Waals surface area contributed by atoms with E-state index in [2.05, 4.69) is 0 Å². The molecule has 0 aromatic heterocycles. The van der Waals surface area contributed by atoms with Gasteiger partial charge in [-0.1, -0.05) is 6.07 Å². The Bertz CT molecular complexity index is 606. The molecular formula is C13H13NO6. The molecule has 0 aliphatic rings. The molecule has 2 rings (SSSR count). The van der Waals surface area contributed by atoms with Crippen LogP contribution in [0.2, 0.25) is 0 Å². The first-order valence-electron chi connectivity index (χ1n) is 5.34. The second-order valence-electron chi connectivity index (χ2n) is 3.72. The van der Waals surface area contributed by atoms with Gasteiger partial charge in [-0.3, -0.25) is 0 Å². The summed E-state index contributed by atoms with van der Waals surface area (Å²) >= 11 is 0. The topological polar surface area (TPSA) is 144 Å². The molecule has 0 fully saturated rings. The molecule has 106 valence electrons. The molecule has 7 N–H and O–H groups in total. The normalized spacial score (nSPS) is 9.40. The second kappa shape index (κ2) is 6.19. The number of benzene rings is 2. The Balaban J connectivity index is 0.000000204. The minimum absolute atomic E-state index is 0.0553. The van der Waals surface area contributed by atoms with Crippen LogP contribution in [0.1, 0.15) is 10.4 Å². The lowest BCUT2D eigenvalue weighted by molar-refractivity contribution is 0.0696. The van der Waals surface area contributed by atoms with Crippen LogP contribution in [0.15, 0.2) is 36.4 Å². The Morgan fingerprint density at radius 3 is 2.00 bits per heavy atom. The number of carbonyl (C=O) groups is 1. The number of phenols is 4. The molecule has 20 heavy (non-hydrogen) atoms. The number of anilines is 1. The number of aromatic hydroxyl groups is 4. The van der Waals surface area contributed by atoms with Crippen molar-refractivity contribution in [3.8, 4) is 23.0 Å². The summed E-state index contributed by atoms with van der Waals surface area (Å²) < 4.78 is 0. The minimum Gasteiger partial charge on any atom is -0.504 e. The summed E-state index contributed by atoms with van der Waals surface area (Å²) in [7, 11) is 0. The Morgan fingerprint density at radius 2 is 1.55 bits per heavy atom. The van der Waals surface area contributed by atoms with Crippen LogP contribution < -0.4 is 5.73 Å². The van der Waals surface area contributed by atoms with Crippen molar-refractivity contribution in [1.82, 2.24) is 0 Å². The fourth-order valence-electron chi connectivity index (χ4n) is 1.21. The zero-order chi connectivity index (χ0) is 15.3. The molecule has 0 radical (unpaired) electrons. The van der Waals surface area contributed by atoms with Gasteiger partial charge in [0.15, 0.2) is 23.0 Å². The smallest absolute Gasteiger partial charge is 0.335 e. The maximum absolute atomic E-state index is 10.3. The molecule has 0 atom stereocenters. The van der Waals surface area contributed by atoms with Gasteiger partial charge in [0.1, 0.15) is 0 Å². The summed E-state index contributed by atoms with van der Waals surface area (Å²) in [4.78, 5) is 10.3. The Labute approximate surface area is 113 Å². The molecule has 0 heterocycles. The van der Waals surface area contributed by atoms with Crippen LogP contribution in [0, 0.1) is 0 Å². The summed E-state index contributed by atoms with van der Waals surface area (Å²) in [5.41, 5.74) is 5.35. The Kier molecular flexibility index (Phi) is 4.63. The van der Waals surface area contributed by atoms with Crippen LogP contribution in [0.4, 0.5) is 5.69 Å². The first kappa shape index (κ1) is 15.0. The molecule has 0 bridgehead atoms. The van der Waals surface area contributed by atoms with E-state index in [1.165, 1.54) is 18.2 Å². The van der Waals surface area contributed by atoms with Crippen molar-refractivity contribution >= 4 is 11.7 Å². The van der Waals surface area contributed by atoms with Gasteiger partial charge in [-0.25, -0.2) is 4.79 Å². The summed E-state index contributed by atoms with van der Waals surface area (Å²) in [5.74, 6) is -2.33. The van der Waals surface area contributed by atoms with Crippen molar-refractivity contribution < 1.29 is 30.3 Å². The van der Waals surface area contributed by atoms with E-state index in [9.17, 15) is 4.79 Å². The van der Waals surface area contributed by atoms with Crippen molar-refractivity contribution in [2.75, 3.05) is 5.73 Å². The number of para-hydroxylation sites is 1. The lowest BCUT2D eigenvalue weighted by atomic mass is 10.2. The molecule has 7 nitrogen and oxygen atoms in total. The minimum atomic E-state index is -1.14. The third kappa shape index (κ3) is 3.70. The second-order valence-corrected chi connectivity index (χ2v) is 3.72. The summed E-state index contributed by atoms with van der Waals surface area (Å²) in [6.45, 7) is 0. The largest absolute Gasteiger partial charge is 0.504 e. The third-order valence-corrected chi connectivity index (χ3v) is 2.27. The van der Waals surface area contributed by atoms with E-state index in [-0.39, 0.29) is 28.5 Å². The van der Waals surface area contributed by atoms with Gasteiger partial charge in [-0.2, -0.15) is 0 Å². The number of nitrogens with two attached hydrogens (primary N) is 1. The van der Waals surface area contributed by atoms with E-state index < -0.39 is 11.7 Å². The quantitative estimate of drug-likeness (QED) is 0.342. The highest BCUT2D eigenvalue weighted by Gasteiger charge is 2.05. The number of aromatic carboxylic acids is 1. The monoisotopic (exact) mass is 279 g/mol. The summed E-state index contributed by atoms with van der Waals surface area (Å²) in [5, 5.41) is 43.6. The molecule has 0 amide bonds. The van der Waals surface area contributed by atoms with E-state index in [1.54, 1.807) is 6.07 Å². The number of carboxylic acids is 1. The average Bonchev–Trinajstić information content (AvgIpc) is 2.39. The molecule has 0 saturated heterocycles. The SMILES string of the molecule is Nc1cccc(O)c1O.O=C(O)c1ccc(O)c(O)c1. The first-order chi connectivity index (χ1) is 9.32. The molecule has 0 saturated carbocycles. The fraction of sp³-hybridized carbons (Fsp3) is 0. The highest BCUT2D eigenvalue weighted by molar-refractivity contribution is 5.88. The lowest BCUT2D eigenvalue weighted by Gasteiger charge is -1.97. The third-order valence-electron chi connectivity index (χ3n) is 2.27. The van der Waals surface area contributed by atoms with Crippen LogP contribution in [0.25, 0.3) is 0 Å². The van der Waals surface area contributed by atoms with Gasteiger partial charge in [-0.05, 0) is 30.3 Å². The number of carboxylic acid groups (broad SMARTS) is 1. The van der Waals surface area contributed by atoms with Crippen molar-refractivity contribution in [2.45, 2.75) is 0 Å². The van der Waals surface area contributed by atoms with Crippen LogP contribution in [-0.4, -0.2) is 31.5 Å². The van der Waals surface area contributed by atoms with Crippen molar-refractivity contribution in [2.24, 2.45) is 0 Å². The molecule has 2 aromatic carbocycles. The highest BCUT2D eigenvalue weighted by atomic mass is 16.4. The Hall–Kier alpha value is -3.09. The maximum Gasteiger partial charge on any atom is 0.335 e. The predicted octanol–water partition coefficient (Wildman–Crippen LogP) is 1.48. The number of phenolic OH excluding ortho intramolecular Hbond substituents is 4. The lowest BCUT2D eigenvalue weighted by Crippen LogP contribution is -1.94. The van der Waals surface area contributed by atoms with Crippen LogP contribution >= 0.6 is 0 Å². The zero-order valence-corrected chi connectivity index (χ0v) is 10.2. The van der Waals surface area contributed by atoms with Gasteiger partial charge in [-0.15, -0.1) is 0 Å². The first-order valence-corrected chi connectivity index (χ1v) is 5.34. The van der Waals surface area contributed by atoms with E-state index >= 15 is 0 Å². The predicted molar refractivity (Wildman–Crippen MR) is 70.9 cm³/mol. The summed E-state index contributed by atoms with van der Waals surface area (Å²) in [6.07, 6.45) is 0. The van der Waals surface area contributed by atoms with Crippen LogP contribution in [-0.2, 0) is 0 Å². The van der Waals surface area contributed by atoms with E-state index in [4.69, 9.17) is 31.3 Å². The highest BCUT2D eigenvalue weighted by Crippen LogP contribution is 2.29. The van der Waals surface area contributed by atoms with Gasteiger partial charge >= 0.3 is 5.97 Å². The van der Waals surface area contributed by atoms with Gasteiger partial charge in [0, 0.05) is 0 Å². The van der Waals surface area contributed by atoms with Gasteiger partial charge in [0.25, 0.3) is 0 Å². The van der Waals surface area contributed by atoms with Crippen molar-refractivity contribution in [1.29, 1.82) is 0 Å². The molecular weight excluding hydrogens is 266 g/mol. The standard InChI is InChI=1S/C7H6O4.C6H7NO2/c8-5-2-1-4(7(10)11)3-6(5)9;7-4-2-1-3-5(8)6(4)9/h1-3,8-9H,(H,10,11);1-3,8-9H,7H2. The molecule has 0 spiro atoms. The fourth-order valence-corrected chi connectivity index (χ4v) is 1.21. The Morgan fingerprint density at radius 1 is 0.900 bits per heavy atom. The molecule has 0 aliphatic heterocycles. The summed E-state index contributed by atoms with van der Waals surface area (Å²) in [6, 6.07) is 7.75. The van der Waals surface area contributed by atoms with Crippen LogP contribution in [0.5, 0.6) is 23.0 Å². The number of rotatable bonds is 1. The molecule has 2 aromatic rings. The number of nitrogen functional groups attached to an aromatic ring is 1. The molecule has 7 heteroatoms. The average molecular weight is 279 g/mol. The van der Waals surface area contributed by atoms with E-state index in [1.807, 2.05) is 0 Å². The molecule has 0 unspecified atom stereocenters. The van der Waals surface area contributed by atoms with E-state index in [0.29, 0.717) is 0 Å². The number of hydrogen-bond donors (Lipinski definition) is 6. The zero-order valence-electron chi connectivity index (χ0n) is 10.2. The van der Waals surface area contributed by atoms with Crippen molar-refractivity contribution in [3.05, 3.63) is 42.0 Å². The molecule has 0 aliphatic carbocycles. The van der Waals surface area contributed by atoms with Crippen LogP contribution in [0.3, 0.4) is 0 Å².